The summed E-state index contributed by atoms with van der Waals surface area (Å²) in [4.78, 5) is 2.24. The molecule has 3 heteroatoms. The highest BCUT2D eigenvalue weighted by Crippen LogP contribution is 2.44. The molecule has 0 radical (unpaired) electrons. The van der Waals surface area contributed by atoms with Crippen molar-refractivity contribution in [3.8, 4) is 11.3 Å². The van der Waals surface area contributed by atoms with E-state index in [4.69, 9.17) is 16.0 Å². The lowest BCUT2D eigenvalue weighted by atomic mass is 9.99. The van der Waals surface area contributed by atoms with Crippen molar-refractivity contribution in [2.75, 3.05) is 11.9 Å². The average Bonchev–Trinajstić information content (AvgIpc) is 2.80. The summed E-state index contributed by atoms with van der Waals surface area (Å²) in [5, 5.41) is 1.79. The number of hydrogen-bond donors (Lipinski definition) is 0. The predicted octanol–water partition coefficient (Wildman–Crippen LogP) is 4.70. The van der Waals surface area contributed by atoms with Crippen LogP contribution in [0.2, 0.25) is 5.02 Å². The molecule has 2 heterocycles. The highest BCUT2D eigenvalue weighted by Gasteiger charge is 2.25. The Hall–Kier alpha value is -1.93. The van der Waals surface area contributed by atoms with Gasteiger partial charge in [-0.05, 0) is 18.2 Å². The van der Waals surface area contributed by atoms with E-state index in [-0.39, 0.29) is 0 Å². The van der Waals surface area contributed by atoms with Crippen LogP contribution in [0.4, 0.5) is 5.69 Å². The van der Waals surface area contributed by atoms with Gasteiger partial charge in [-0.3, -0.25) is 0 Å². The molecule has 0 unspecified atom stereocenters. The maximum Gasteiger partial charge on any atom is 0.153 e. The Morgan fingerprint density at radius 3 is 2.84 bits per heavy atom. The minimum absolute atomic E-state index is 0.673. The van der Waals surface area contributed by atoms with Crippen LogP contribution in [0.15, 0.2) is 46.9 Å². The number of nitrogens with zero attached hydrogens (tertiary/aromatic N) is 1. The summed E-state index contributed by atoms with van der Waals surface area (Å²) in [6.07, 6.45) is 0. The SMILES string of the molecule is CN1Cc2c(oc3c(Cl)cccc23)-c2ccccc21. The Bertz CT molecular complexity index is 791. The third kappa shape index (κ3) is 1.44. The van der Waals surface area contributed by atoms with E-state index in [1.165, 1.54) is 11.3 Å². The highest BCUT2D eigenvalue weighted by molar-refractivity contribution is 6.35. The smallest absolute Gasteiger partial charge is 0.153 e. The van der Waals surface area contributed by atoms with Crippen LogP contribution in [-0.2, 0) is 6.54 Å². The van der Waals surface area contributed by atoms with E-state index in [1.807, 2.05) is 18.2 Å². The van der Waals surface area contributed by atoms with Gasteiger partial charge in [0.05, 0.1) is 5.02 Å². The molecule has 0 atom stereocenters. The second kappa shape index (κ2) is 3.78. The molecule has 0 amide bonds. The molecule has 1 aliphatic heterocycles. The molecule has 2 nitrogen and oxygen atoms in total. The lowest BCUT2D eigenvalue weighted by Crippen LogP contribution is -2.20. The van der Waals surface area contributed by atoms with Crippen LogP contribution in [-0.4, -0.2) is 7.05 Å². The van der Waals surface area contributed by atoms with Gasteiger partial charge in [0.25, 0.3) is 0 Å². The Morgan fingerprint density at radius 1 is 1.11 bits per heavy atom. The van der Waals surface area contributed by atoms with Gasteiger partial charge < -0.3 is 9.32 Å². The average molecular weight is 270 g/mol. The van der Waals surface area contributed by atoms with E-state index in [0.717, 1.165) is 28.8 Å². The summed E-state index contributed by atoms with van der Waals surface area (Å²) in [7, 11) is 2.10. The normalized spacial score (nSPS) is 13.5. The molecular formula is C16H12ClNO. The first-order valence-electron chi connectivity index (χ1n) is 6.26. The molecule has 0 fully saturated rings. The second-order valence-electron chi connectivity index (χ2n) is 4.90. The number of furan rings is 1. The van der Waals surface area contributed by atoms with Gasteiger partial charge in [-0.15, -0.1) is 0 Å². The number of hydrogen-bond acceptors (Lipinski definition) is 2. The lowest BCUT2D eigenvalue weighted by Gasteiger charge is -2.26. The highest BCUT2D eigenvalue weighted by atomic mass is 35.5. The molecule has 3 aromatic rings. The minimum atomic E-state index is 0.673. The summed E-state index contributed by atoms with van der Waals surface area (Å²) >= 11 is 6.23. The molecule has 0 spiro atoms. The third-order valence-electron chi connectivity index (χ3n) is 3.73. The van der Waals surface area contributed by atoms with Gasteiger partial charge in [0.15, 0.2) is 5.58 Å². The lowest BCUT2D eigenvalue weighted by molar-refractivity contribution is 0.622. The molecule has 19 heavy (non-hydrogen) atoms. The van der Waals surface area contributed by atoms with Crippen molar-refractivity contribution in [2.24, 2.45) is 0 Å². The molecule has 1 aromatic heterocycles. The summed E-state index contributed by atoms with van der Waals surface area (Å²) in [5.74, 6) is 0.955. The number of para-hydroxylation sites is 2. The summed E-state index contributed by atoms with van der Waals surface area (Å²) < 4.78 is 6.04. The van der Waals surface area contributed by atoms with E-state index in [1.54, 1.807) is 0 Å². The van der Waals surface area contributed by atoms with Gasteiger partial charge in [0, 0.05) is 35.8 Å². The molecule has 0 bridgehead atoms. The van der Waals surface area contributed by atoms with Gasteiger partial charge in [-0.25, -0.2) is 0 Å². The molecule has 0 aliphatic carbocycles. The van der Waals surface area contributed by atoms with Crippen LogP contribution in [0.25, 0.3) is 22.3 Å². The molecule has 94 valence electrons. The molecule has 2 aromatic carbocycles. The number of halogens is 1. The number of anilines is 1. The molecule has 0 saturated carbocycles. The Balaban J connectivity index is 2.11. The van der Waals surface area contributed by atoms with E-state index in [9.17, 15) is 0 Å². The summed E-state index contributed by atoms with van der Waals surface area (Å²) in [5.41, 5.74) is 4.35. The van der Waals surface area contributed by atoms with Crippen molar-refractivity contribution < 1.29 is 4.42 Å². The van der Waals surface area contributed by atoms with Crippen LogP contribution in [0.1, 0.15) is 5.56 Å². The minimum Gasteiger partial charge on any atom is -0.454 e. The van der Waals surface area contributed by atoms with Gasteiger partial charge in [0.2, 0.25) is 0 Å². The summed E-state index contributed by atoms with van der Waals surface area (Å²) in [6, 6.07) is 14.2. The van der Waals surface area contributed by atoms with Crippen molar-refractivity contribution in [3.05, 3.63) is 53.1 Å². The fraction of sp³-hybridized carbons (Fsp3) is 0.125. The van der Waals surface area contributed by atoms with Gasteiger partial charge in [0.1, 0.15) is 5.76 Å². The van der Waals surface area contributed by atoms with Crippen molar-refractivity contribution >= 4 is 28.3 Å². The number of rotatable bonds is 0. The predicted molar refractivity (Wildman–Crippen MR) is 78.8 cm³/mol. The fourth-order valence-corrected chi connectivity index (χ4v) is 3.04. The van der Waals surface area contributed by atoms with Crippen LogP contribution < -0.4 is 4.90 Å². The van der Waals surface area contributed by atoms with Gasteiger partial charge >= 0.3 is 0 Å². The van der Waals surface area contributed by atoms with E-state index in [0.29, 0.717) is 5.02 Å². The first-order chi connectivity index (χ1) is 9.25. The van der Waals surface area contributed by atoms with E-state index < -0.39 is 0 Å². The standard InChI is InChI=1S/C16H12ClNO/c1-18-9-12-10-6-4-7-13(17)16(10)19-15(12)11-5-2-3-8-14(11)18/h2-8H,9H2,1H3. The Kier molecular flexibility index (Phi) is 2.18. The summed E-state index contributed by atoms with van der Waals surface area (Å²) in [6.45, 7) is 0.847. The Morgan fingerprint density at radius 2 is 1.95 bits per heavy atom. The zero-order valence-electron chi connectivity index (χ0n) is 10.5. The second-order valence-corrected chi connectivity index (χ2v) is 5.31. The van der Waals surface area contributed by atoms with Crippen LogP contribution in [0.3, 0.4) is 0 Å². The van der Waals surface area contributed by atoms with Crippen molar-refractivity contribution in [1.82, 2.24) is 0 Å². The first-order valence-corrected chi connectivity index (χ1v) is 6.64. The number of fused-ring (bicyclic) bond motifs is 5. The monoisotopic (exact) mass is 269 g/mol. The molecule has 4 rings (SSSR count). The Labute approximate surface area is 116 Å². The zero-order chi connectivity index (χ0) is 13.0. The van der Waals surface area contributed by atoms with Crippen molar-refractivity contribution in [2.45, 2.75) is 6.54 Å². The topological polar surface area (TPSA) is 16.4 Å². The fourth-order valence-electron chi connectivity index (χ4n) is 2.83. The first kappa shape index (κ1) is 10.9. The maximum absolute atomic E-state index is 6.23. The van der Waals surface area contributed by atoms with Crippen LogP contribution >= 0.6 is 11.6 Å². The molecule has 1 aliphatic rings. The van der Waals surface area contributed by atoms with Gasteiger partial charge in [-0.1, -0.05) is 35.9 Å². The van der Waals surface area contributed by atoms with Gasteiger partial charge in [-0.2, -0.15) is 0 Å². The van der Waals surface area contributed by atoms with E-state index >= 15 is 0 Å². The third-order valence-corrected chi connectivity index (χ3v) is 4.02. The molecular weight excluding hydrogens is 258 g/mol. The maximum atomic E-state index is 6.23. The molecule has 0 saturated heterocycles. The quantitative estimate of drug-likeness (QED) is 0.588. The van der Waals surface area contributed by atoms with Crippen LogP contribution in [0, 0.1) is 0 Å². The van der Waals surface area contributed by atoms with Crippen molar-refractivity contribution in [3.63, 3.8) is 0 Å². The van der Waals surface area contributed by atoms with Crippen molar-refractivity contribution in [1.29, 1.82) is 0 Å². The number of benzene rings is 2. The van der Waals surface area contributed by atoms with E-state index in [2.05, 4.69) is 36.2 Å². The zero-order valence-corrected chi connectivity index (χ0v) is 11.2. The largest absolute Gasteiger partial charge is 0.454 e. The molecule has 0 N–H and O–H groups in total. The van der Waals surface area contributed by atoms with Crippen LogP contribution in [0.5, 0.6) is 0 Å².